The van der Waals surface area contributed by atoms with Crippen molar-refractivity contribution in [3.63, 3.8) is 0 Å². The normalized spacial score (nSPS) is 11.1. The molecule has 1 heterocycles. The van der Waals surface area contributed by atoms with E-state index in [0.717, 1.165) is 4.57 Å². The number of hydrogen-bond donors (Lipinski definition) is 1. The van der Waals surface area contributed by atoms with Crippen molar-refractivity contribution in [1.29, 1.82) is 0 Å². The number of aromatic nitrogens is 2. The van der Waals surface area contributed by atoms with Crippen molar-refractivity contribution < 1.29 is 13.2 Å². The monoisotopic (exact) mass is 251 g/mol. The molecule has 17 heavy (non-hydrogen) atoms. The van der Waals surface area contributed by atoms with Gasteiger partial charge in [-0.15, -0.1) is 0 Å². The van der Waals surface area contributed by atoms with Crippen LogP contribution in [0.1, 0.15) is 0 Å². The minimum atomic E-state index is -3.83. The van der Waals surface area contributed by atoms with Gasteiger partial charge in [0.15, 0.2) is 0 Å². The lowest BCUT2D eigenvalue weighted by Gasteiger charge is -2.06. The molecule has 88 valence electrons. The highest BCUT2D eigenvalue weighted by Gasteiger charge is 2.17. The number of nitrogens with zero attached hydrogens (tertiary/aromatic N) is 2. The van der Waals surface area contributed by atoms with Crippen LogP contribution in [0.25, 0.3) is 0 Å². The number of sulfonamides is 1. The van der Waals surface area contributed by atoms with Gasteiger partial charge in [-0.3, -0.25) is 4.57 Å². The lowest BCUT2D eigenvalue weighted by molar-refractivity contribution is 0.247. The predicted octanol–water partition coefficient (Wildman–Crippen LogP) is 0.830. The Morgan fingerprint density at radius 3 is 2.53 bits per heavy atom. The van der Waals surface area contributed by atoms with Crippen LogP contribution in [0.2, 0.25) is 0 Å². The number of rotatable bonds is 2. The van der Waals surface area contributed by atoms with E-state index in [2.05, 4.69) is 4.98 Å². The molecular formula is C10H9N3O3S. The van der Waals surface area contributed by atoms with Crippen LogP contribution in [0.15, 0.2) is 53.9 Å². The molecule has 2 aromatic rings. The second kappa shape index (κ2) is 4.38. The summed E-state index contributed by atoms with van der Waals surface area (Å²) in [6, 6.07) is 6.89. The number of imidazole rings is 1. The van der Waals surface area contributed by atoms with E-state index in [4.69, 9.17) is 0 Å². The fourth-order valence-corrected chi connectivity index (χ4v) is 2.17. The van der Waals surface area contributed by atoms with Gasteiger partial charge < -0.3 is 0 Å². The van der Waals surface area contributed by atoms with E-state index in [0.29, 0.717) is 0 Å². The van der Waals surface area contributed by atoms with Crippen molar-refractivity contribution in [3.05, 3.63) is 49.1 Å². The molecule has 1 N–H and O–H groups in total. The Labute approximate surface area is 98.0 Å². The zero-order valence-electron chi connectivity index (χ0n) is 8.65. The van der Waals surface area contributed by atoms with E-state index in [1.54, 1.807) is 18.2 Å². The summed E-state index contributed by atoms with van der Waals surface area (Å²) in [4.78, 5) is 15.2. The van der Waals surface area contributed by atoms with Gasteiger partial charge in [0.25, 0.3) is 10.0 Å². The van der Waals surface area contributed by atoms with Gasteiger partial charge in [0.1, 0.15) is 6.33 Å². The average Bonchev–Trinajstić information content (AvgIpc) is 2.83. The lowest BCUT2D eigenvalue weighted by Crippen LogP contribution is -2.33. The minimum Gasteiger partial charge on any atom is -0.257 e. The van der Waals surface area contributed by atoms with Crippen LogP contribution in [-0.4, -0.2) is 24.0 Å². The highest BCUT2D eigenvalue weighted by Crippen LogP contribution is 2.07. The number of carbonyl (C=O) groups is 1. The van der Waals surface area contributed by atoms with Crippen molar-refractivity contribution in [2.24, 2.45) is 0 Å². The largest absolute Gasteiger partial charge is 0.340 e. The average molecular weight is 251 g/mol. The summed E-state index contributed by atoms with van der Waals surface area (Å²) >= 11 is 0. The summed E-state index contributed by atoms with van der Waals surface area (Å²) in [5.74, 6) is 0. The number of carbonyl (C=O) groups excluding carboxylic acids is 1. The Balaban J connectivity index is 2.22. The maximum Gasteiger partial charge on any atom is 0.340 e. The third-order valence-electron chi connectivity index (χ3n) is 2.01. The van der Waals surface area contributed by atoms with Gasteiger partial charge in [0.05, 0.1) is 4.90 Å². The van der Waals surface area contributed by atoms with E-state index >= 15 is 0 Å². The summed E-state index contributed by atoms with van der Waals surface area (Å²) in [5, 5.41) is 0. The first-order valence-corrected chi connectivity index (χ1v) is 6.18. The Kier molecular flexibility index (Phi) is 2.92. The third kappa shape index (κ3) is 2.51. The Hall–Kier alpha value is -2.15. The van der Waals surface area contributed by atoms with Crippen LogP contribution in [-0.2, 0) is 10.0 Å². The molecule has 1 aromatic heterocycles. The van der Waals surface area contributed by atoms with Crippen molar-refractivity contribution in [2.45, 2.75) is 4.90 Å². The summed E-state index contributed by atoms with van der Waals surface area (Å²) in [7, 11) is -3.83. The fourth-order valence-electron chi connectivity index (χ4n) is 1.21. The van der Waals surface area contributed by atoms with Crippen LogP contribution in [0.5, 0.6) is 0 Å². The van der Waals surface area contributed by atoms with Gasteiger partial charge in [-0.1, -0.05) is 18.2 Å². The summed E-state index contributed by atoms with van der Waals surface area (Å²) in [6.45, 7) is 0. The van der Waals surface area contributed by atoms with Crippen molar-refractivity contribution in [3.8, 4) is 0 Å². The topological polar surface area (TPSA) is 81.1 Å². The van der Waals surface area contributed by atoms with E-state index < -0.39 is 16.1 Å². The molecule has 0 aliphatic rings. The molecule has 0 aliphatic heterocycles. The van der Waals surface area contributed by atoms with Crippen LogP contribution in [0.3, 0.4) is 0 Å². The molecule has 1 aromatic carbocycles. The zero-order chi connectivity index (χ0) is 12.3. The van der Waals surface area contributed by atoms with Gasteiger partial charge >= 0.3 is 6.03 Å². The standard InChI is InChI=1S/C10H9N3O3S/c14-10(13-7-6-11-8-13)12-17(15,16)9-4-2-1-3-5-9/h1-8H,(H,12,14). The van der Waals surface area contributed by atoms with Crippen molar-refractivity contribution >= 4 is 16.1 Å². The molecule has 0 saturated carbocycles. The Bertz CT molecular complexity index is 606. The predicted molar refractivity (Wildman–Crippen MR) is 59.8 cm³/mol. The zero-order valence-corrected chi connectivity index (χ0v) is 9.46. The molecule has 0 unspecified atom stereocenters. The number of amides is 1. The van der Waals surface area contributed by atoms with Gasteiger partial charge in [-0.2, -0.15) is 0 Å². The molecule has 0 atom stereocenters. The van der Waals surface area contributed by atoms with Crippen molar-refractivity contribution in [2.75, 3.05) is 0 Å². The Morgan fingerprint density at radius 1 is 1.24 bits per heavy atom. The quantitative estimate of drug-likeness (QED) is 0.857. The molecule has 2 rings (SSSR count). The lowest BCUT2D eigenvalue weighted by atomic mass is 10.4. The second-order valence-corrected chi connectivity index (χ2v) is 4.88. The number of nitrogens with one attached hydrogen (secondary N) is 1. The SMILES string of the molecule is O=C(NS(=O)(=O)c1ccccc1)n1ccnc1. The van der Waals surface area contributed by atoms with Crippen LogP contribution < -0.4 is 4.72 Å². The second-order valence-electron chi connectivity index (χ2n) is 3.19. The molecule has 0 radical (unpaired) electrons. The number of hydrogen-bond acceptors (Lipinski definition) is 4. The molecule has 6 nitrogen and oxygen atoms in total. The van der Waals surface area contributed by atoms with E-state index in [-0.39, 0.29) is 4.90 Å². The van der Waals surface area contributed by atoms with Crippen LogP contribution in [0.4, 0.5) is 4.79 Å². The first-order valence-electron chi connectivity index (χ1n) is 4.70. The maximum absolute atomic E-state index is 11.8. The minimum absolute atomic E-state index is 0.0356. The molecule has 0 bridgehead atoms. The van der Waals surface area contributed by atoms with Gasteiger partial charge in [-0.05, 0) is 12.1 Å². The maximum atomic E-state index is 11.8. The molecule has 0 saturated heterocycles. The molecule has 7 heteroatoms. The van der Waals surface area contributed by atoms with Crippen LogP contribution in [0, 0.1) is 0 Å². The van der Waals surface area contributed by atoms with E-state index in [1.165, 1.54) is 30.9 Å². The highest BCUT2D eigenvalue weighted by atomic mass is 32.2. The smallest absolute Gasteiger partial charge is 0.257 e. The first-order chi connectivity index (χ1) is 8.09. The van der Waals surface area contributed by atoms with Gasteiger partial charge in [0, 0.05) is 12.4 Å². The van der Waals surface area contributed by atoms with Gasteiger partial charge in [0.2, 0.25) is 0 Å². The molecule has 1 amide bonds. The Morgan fingerprint density at radius 2 is 1.94 bits per heavy atom. The summed E-state index contributed by atoms with van der Waals surface area (Å²) < 4.78 is 26.5. The fraction of sp³-hybridized carbons (Fsp3) is 0. The van der Waals surface area contributed by atoms with E-state index in [1.807, 2.05) is 4.72 Å². The first kappa shape index (κ1) is 11.3. The molecule has 0 aliphatic carbocycles. The number of benzene rings is 1. The van der Waals surface area contributed by atoms with Crippen LogP contribution >= 0.6 is 0 Å². The summed E-state index contributed by atoms with van der Waals surface area (Å²) in [6.07, 6.45) is 3.96. The highest BCUT2D eigenvalue weighted by molar-refractivity contribution is 7.90. The van der Waals surface area contributed by atoms with Crippen molar-refractivity contribution in [1.82, 2.24) is 14.3 Å². The molecular weight excluding hydrogens is 242 g/mol. The molecule has 0 spiro atoms. The summed E-state index contributed by atoms with van der Waals surface area (Å²) in [5.41, 5.74) is 0. The van der Waals surface area contributed by atoms with Gasteiger partial charge in [-0.25, -0.2) is 22.9 Å². The third-order valence-corrected chi connectivity index (χ3v) is 3.35. The molecule has 0 fully saturated rings. The van der Waals surface area contributed by atoms with E-state index in [9.17, 15) is 13.2 Å².